The summed E-state index contributed by atoms with van der Waals surface area (Å²) in [6, 6.07) is 4.95. The zero-order chi connectivity index (χ0) is 12.8. The predicted octanol–water partition coefficient (Wildman–Crippen LogP) is 3.43. The Labute approximate surface area is 111 Å². The van der Waals surface area contributed by atoms with Crippen molar-refractivity contribution in [3.8, 4) is 0 Å². The number of pyridine rings is 1. The molecule has 1 aliphatic rings. The van der Waals surface area contributed by atoms with E-state index in [1.54, 1.807) is 0 Å². The van der Waals surface area contributed by atoms with Crippen LogP contribution in [-0.2, 0) is 6.42 Å². The molecule has 3 unspecified atom stereocenters. The van der Waals surface area contributed by atoms with Crippen molar-refractivity contribution >= 4 is 0 Å². The fraction of sp³-hybridized carbons (Fsp3) is 0.688. The van der Waals surface area contributed by atoms with Gasteiger partial charge in [-0.05, 0) is 62.3 Å². The summed E-state index contributed by atoms with van der Waals surface area (Å²) in [5.74, 6) is 1.79. The molecule has 100 valence electrons. The molecule has 1 N–H and O–H groups in total. The molecule has 1 heterocycles. The molecule has 0 amide bonds. The van der Waals surface area contributed by atoms with Gasteiger partial charge in [0.1, 0.15) is 0 Å². The van der Waals surface area contributed by atoms with E-state index >= 15 is 0 Å². The third-order valence-corrected chi connectivity index (χ3v) is 4.41. The van der Waals surface area contributed by atoms with E-state index in [4.69, 9.17) is 0 Å². The second kappa shape index (κ2) is 6.89. The van der Waals surface area contributed by atoms with Crippen molar-refractivity contribution in [3.05, 3.63) is 30.1 Å². The number of hydrogen-bond donors (Lipinski definition) is 1. The molecular formula is C16H26N2. The van der Waals surface area contributed by atoms with Crippen LogP contribution >= 0.6 is 0 Å². The van der Waals surface area contributed by atoms with Gasteiger partial charge < -0.3 is 5.32 Å². The molecule has 2 rings (SSSR count). The predicted molar refractivity (Wildman–Crippen MR) is 76.5 cm³/mol. The van der Waals surface area contributed by atoms with Crippen molar-refractivity contribution in [2.24, 2.45) is 11.8 Å². The molecule has 0 bridgehead atoms. The summed E-state index contributed by atoms with van der Waals surface area (Å²) in [5, 5.41) is 3.55. The second-order valence-corrected chi connectivity index (χ2v) is 5.82. The molecule has 1 saturated carbocycles. The third kappa shape index (κ3) is 3.81. The van der Waals surface area contributed by atoms with Gasteiger partial charge in [0.2, 0.25) is 0 Å². The second-order valence-electron chi connectivity index (χ2n) is 5.82. The van der Waals surface area contributed by atoms with Crippen molar-refractivity contribution < 1.29 is 0 Å². The maximum absolute atomic E-state index is 4.08. The molecule has 2 heteroatoms. The topological polar surface area (TPSA) is 24.9 Å². The van der Waals surface area contributed by atoms with Crippen LogP contribution in [0.5, 0.6) is 0 Å². The maximum atomic E-state index is 4.08. The largest absolute Gasteiger partial charge is 0.317 e. The number of nitrogens with zero attached hydrogens (tertiary/aromatic N) is 1. The van der Waals surface area contributed by atoms with Gasteiger partial charge in [-0.25, -0.2) is 0 Å². The minimum atomic E-state index is 0.681. The lowest BCUT2D eigenvalue weighted by molar-refractivity contribution is 0.221. The van der Waals surface area contributed by atoms with Gasteiger partial charge in [-0.1, -0.05) is 19.8 Å². The zero-order valence-electron chi connectivity index (χ0n) is 11.7. The van der Waals surface area contributed by atoms with Crippen molar-refractivity contribution in [1.29, 1.82) is 0 Å². The highest BCUT2D eigenvalue weighted by Crippen LogP contribution is 2.32. The Kier molecular flexibility index (Phi) is 5.18. The summed E-state index contributed by atoms with van der Waals surface area (Å²) < 4.78 is 0. The highest BCUT2D eigenvalue weighted by Gasteiger charge is 2.25. The number of rotatable bonds is 5. The Balaban J connectivity index is 1.85. The molecule has 0 aliphatic heterocycles. The van der Waals surface area contributed by atoms with Crippen molar-refractivity contribution in [1.82, 2.24) is 10.3 Å². The fourth-order valence-corrected chi connectivity index (χ4v) is 3.33. The number of hydrogen-bond acceptors (Lipinski definition) is 2. The zero-order valence-corrected chi connectivity index (χ0v) is 11.7. The average molecular weight is 246 g/mol. The summed E-state index contributed by atoms with van der Waals surface area (Å²) >= 11 is 0. The molecule has 0 aromatic carbocycles. The van der Waals surface area contributed by atoms with E-state index in [0.29, 0.717) is 6.04 Å². The van der Waals surface area contributed by atoms with Crippen LogP contribution in [0.2, 0.25) is 0 Å². The van der Waals surface area contributed by atoms with E-state index in [1.807, 2.05) is 12.4 Å². The highest BCUT2D eigenvalue weighted by molar-refractivity contribution is 5.10. The summed E-state index contributed by atoms with van der Waals surface area (Å²) in [4.78, 5) is 4.08. The Morgan fingerprint density at radius 2 is 2.11 bits per heavy atom. The SMILES string of the molecule is CNC(CCc1ccncc1)C1CCCC(C)C1. The van der Waals surface area contributed by atoms with Crippen molar-refractivity contribution in [2.75, 3.05) is 7.05 Å². The van der Waals surface area contributed by atoms with E-state index < -0.39 is 0 Å². The minimum absolute atomic E-state index is 0.681. The van der Waals surface area contributed by atoms with Crippen LogP contribution in [0, 0.1) is 11.8 Å². The van der Waals surface area contributed by atoms with Gasteiger partial charge in [0, 0.05) is 18.4 Å². The van der Waals surface area contributed by atoms with Crippen LogP contribution < -0.4 is 5.32 Å². The number of aromatic nitrogens is 1. The summed E-state index contributed by atoms with van der Waals surface area (Å²) in [7, 11) is 2.12. The van der Waals surface area contributed by atoms with Gasteiger partial charge in [-0.15, -0.1) is 0 Å². The molecule has 1 fully saturated rings. The number of aryl methyl sites for hydroxylation is 1. The van der Waals surface area contributed by atoms with E-state index in [-0.39, 0.29) is 0 Å². The van der Waals surface area contributed by atoms with Gasteiger partial charge in [0.25, 0.3) is 0 Å². The molecule has 0 saturated heterocycles. The molecule has 1 aliphatic carbocycles. The molecule has 1 aromatic heterocycles. The van der Waals surface area contributed by atoms with Crippen LogP contribution in [0.3, 0.4) is 0 Å². The molecular weight excluding hydrogens is 220 g/mol. The first-order valence-electron chi connectivity index (χ1n) is 7.35. The van der Waals surface area contributed by atoms with Gasteiger partial charge in [0.15, 0.2) is 0 Å². The van der Waals surface area contributed by atoms with Crippen molar-refractivity contribution in [3.63, 3.8) is 0 Å². The maximum Gasteiger partial charge on any atom is 0.0270 e. The third-order valence-electron chi connectivity index (χ3n) is 4.41. The molecule has 2 nitrogen and oxygen atoms in total. The first-order valence-corrected chi connectivity index (χ1v) is 7.35. The fourth-order valence-electron chi connectivity index (χ4n) is 3.33. The summed E-state index contributed by atoms with van der Waals surface area (Å²) in [6.07, 6.45) is 11.9. The van der Waals surface area contributed by atoms with Gasteiger partial charge in [0.05, 0.1) is 0 Å². The van der Waals surface area contributed by atoms with Gasteiger partial charge >= 0.3 is 0 Å². The van der Waals surface area contributed by atoms with Crippen LogP contribution in [0.4, 0.5) is 0 Å². The molecule has 0 radical (unpaired) electrons. The van der Waals surface area contributed by atoms with Crippen LogP contribution in [0.25, 0.3) is 0 Å². The lowest BCUT2D eigenvalue weighted by atomic mass is 9.77. The van der Waals surface area contributed by atoms with E-state index in [2.05, 4.69) is 36.4 Å². The molecule has 0 spiro atoms. The Bertz CT molecular complexity index is 336. The minimum Gasteiger partial charge on any atom is -0.317 e. The summed E-state index contributed by atoms with van der Waals surface area (Å²) in [5.41, 5.74) is 1.41. The lowest BCUT2D eigenvalue weighted by Gasteiger charge is -2.33. The standard InChI is InChI=1S/C16H26N2/c1-13-4-3-5-15(12-13)16(17-2)7-6-14-8-10-18-11-9-14/h8-11,13,15-17H,3-7,12H2,1-2H3. The molecule has 1 aromatic rings. The van der Waals surface area contributed by atoms with Crippen LogP contribution in [-0.4, -0.2) is 18.1 Å². The lowest BCUT2D eigenvalue weighted by Crippen LogP contribution is -2.36. The van der Waals surface area contributed by atoms with Gasteiger partial charge in [-0.3, -0.25) is 4.98 Å². The molecule has 3 atom stereocenters. The Morgan fingerprint density at radius 3 is 2.78 bits per heavy atom. The van der Waals surface area contributed by atoms with E-state index in [0.717, 1.165) is 11.8 Å². The number of nitrogens with one attached hydrogen (secondary N) is 1. The van der Waals surface area contributed by atoms with Crippen molar-refractivity contribution in [2.45, 2.75) is 51.5 Å². The van der Waals surface area contributed by atoms with E-state index in [1.165, 1.54) is 44.1 Å². The van der Waals surface area contributed by atoms with Crippen LogP contribution in [0.1, 0.15) is 44.6 Å². The van der Waals surface area contributed by atoms with E-state index in [9.17, 15) is 0 Å². The monoisotopic (exact) mass is 246 g/mol. The normalized spacial score (nSPS) is 25.9. The first kappa shape index (κ1) is 13.5. The Hall–Kier alpha value is -0.890. The van der Waals surface area contributed by atoms with Gasteiger partial charge in [-0.2, -0.15) is 0 Å². The highest BCUT2D eigenvalue weighted by atomic mass is 14.9. The quantitative estimate of drug-likeness (QED) is 0.861. The molecule has 18 heavy (non-hydrogen) atoms. The smallest absolute Gasteiger partial charge is 0.0270 e. The summed E-state index contributed by atoms with van der Waals surface area (Å²) in [6.45, 7) is 2.40. The Morgan fingerprint density at radius 1 is 1.33 bits per heavy atom. The average Bonchev–Trinajstić information content (AvgIpc) is 2.41. The first-order chi connectivity index (χ1) is 8.79. The van der Waals surface area contributed by atoms with Crippen LogP contribution in [0.15, 0.2) is 24.5 Å².